The number of aldehydes is 1. The molecule has 3 aromatic rings. The molecular weight excluding hydrogens is 452 g/mol. The number of aliphatic imine (C=N–C) groups is 1. The maximum Gasteiger partial charge on any atom is 0.303 e. The van der Waals surface area contributed by atoms with Gasteiger partial charge in [0, 0.05) is 35.3 Å². The van der Waals surface area contributed by atoms with E-state index in [2.05, 4.69) is 15.0 Å². The van der Waals surface area contributed by atoms with Crippen molar-refractivity contribution in [3.63, 3.8) is 0 Å². The first kappa shape index (κ1) is 25.1. The highest BCUT2D eigenvalue weighted by Crippen LogP contribution is 2.35. The second-order valence-corrected chi connectivity index (χ2v) is 8.77. The van der Waals surface area contributed by atoms with Crippen molar-refractivity contribution in [3.05, 3.63) is 86.8 Å². The number of aliphatic carboxylic acids is 1. The monoisotopic (exact) mass is 478 g/mol. The first-order valence-corrected chi connectivity index (χ1v) is 11.1. The molecule has 0 spiro atoms. The van der Waals surface area contributed by atoms with Gasteiger partial charge in [-0.2, -0.15) is 0 Å². The Kier molecular flexibility index (Phi) is 7.47. The van der Waals surface area contributed by atoms with E-state index in [1.807, 2.05) is 43.3 Å². The fraction of sp³-hybridized carbons (Fsp3) is 0.269. The average molecular weight is 479 g/mol. The van der Waals surface area contributed by atoms with Crippen LogP contribution >= 0.6 is 11.6 Å². The molecule has 0 aliphatic carbocycles. The van der Waals surface area contributed by atoms with Crippen molar-refractivity contribution in [2.24, 2.45) is 4.99 Å². The number of halogens is 1. The molecule has 7 nitrogen and oxygen atoms in total. The third kappa shape index (κ3) is 4.99. The quantitative estimate of drug-likeness (QED) is 0.367. The maximum absolute atomic E-state index is 12.4. The average Bonchev–Trinajstić information content (AvgIpc) is 2.79. The first-order valence-electron chi connectivity index (χ1n) is 10.8. The molecule has 1 aromatic heterocycles. The number of rotatable bonds is 8. The molecule has 0 amide bonds. The fourth-order valence-corrected chi connectivity index (χ4v) is 4.34. The number of nitrogens with zero attached hydrogens (tertiary/aromatic N) is 3. The molecule has 176 valence electrons. The van der Waals surface area contributed by atoms with E-state index in [-0.39, 0.29) is 12.2 Å². The molecule has 0 fully saturated rings. The van der Waals surface area contributed by atoms with Gasteiger partial charge in [-0.1, -0.05) is 41.9 Å². The molecule has 34 heavy (non-hydrogen) atoms. The third-order valence-electron chi connectivity index (χ3n) is 5.93. The Balaban J connectivity index is 2.04. The van der Waals surface area contributed by atoms with Crippen molar-refractivity contribution in [1.29, 1.82) is 0 Å². The molecule has 0 aliphatic heterocycles. The van der Waals surface area contributed by atoms with Gasteiger partial charge in [0.05, 0.1) is 5.41 Å². The van der Waals surface area contributed by atoms with Crippen molar-refractivity contribution >= 4 is 35.4 Å². The van der Waals surface area contributed by atoms with E-state index >= 15 is 0 Å². The van der Waals surface area contributed by atoms with Gasteiger partial charge in [-0.3, -0.25) is 9.79 Å². The number of benzene rings is 2. The molecule has 8 heteroatoms. The summed E-state index contributed by atoms with van der Waals surface area (Å²) in [6, 6.07) is 12.8. The van der Waals surface area contributed by atoms with Crippen LogP contribution < -0.4 is 5.73 Å². The predicted molar refractivity (Wildman–Crippen MR) is 134 cm³/mol. The summed E-state index contributed by atoms with van der Waals surface area (Å²) in [4.78, 5) is 36.8. The lowest BCUT2D eigenvalue weighted by Gasteiger charge is -2.27. The van der Waals surface area contributed by atoms with Crippen LogP contribution in [-0.4, -0.2) is 40.1 Å². The van der Waals surface area contributed by atoms with Gasteiger partial charge in [0.2, 0.25) is 0 Å². The lowest BCUT2D eigenvalue weighted by Crippen LogP contribution is -2.30. The highest BCUT2D eigenvalue weighted by molar-refractivity contribution is 6.30. The van der Waals surface area contributed by atoms with E-state index in [0.717, 1.165) is 23.0 Å². The number of carboxylic acids is 1. The van der Waals surface area contributed by atoms with Crippen molar-refractivity contribution in [1.82, 2.24) is 9.97 Å². The van der Waals surface area contributed by atoms with E-state index in [1.54, 1.807) is 27.0 Å². The summed E-state index contributed by atoms with van der Waals surface area (Å²) < 4.78 is 0. The summed E-state index contributed by atoms with van der Waals surface area (Å²) in [6.07, 6.45) is 1.29. The number of carbonyl (C=O) groups is 2. The number of nitrogens with two attached hydrogens (primary N) is 1. The minimum atomic E-state index is -1.09. The van der Waals surface area contributed by atoms with Crippen LogP contribution in [0.2, 0.25) is 5.02 Å². The van der Waals surface area contributed by atoms with Crippen LogP contribution in [0, 0.1) is 13.8 Å². The van der Waals surface area contributed by atoms with Crippen molar-refractivity contribution in [2.45, 2.75) is 39.0 Å². The zero-order valence-corrected chi connectivity index (χ0v) is 20.3. The highest BCUT2D eigenvalue weighted by Gasteiger charge is 2.34. The summed E-state index contributed by atoms with van der Waals surface area (Å²) >= 11 is 6.10. The molecule has 0 aliphatic rings. The molecule has 0 bridgehead atoms. The molecule has 0 unspecified atom stereocenters. The SMILES string of the molecule is C/N=C(/c1nc(C)c([C@@](C)(C=O)c2ccc(CCC(=O)O)cc2)c(N)n1)c1ccc(Cl)cc1C. The number of aryl methyl sites for hydroxylation is 3. The summed E-state index contributed by atoms with van der Waals surface area (Å²) in [5, 5.41) is 9.52. The van der Waals surface area contributed by atoms with Crippen LogP contribution in [-0.2, 0) is 21.4 Å². The van der Waals surface area contributed by atoms with Crippen LogP contribution in [0.15, 0.2) is 47.5 Å². The lowest BCUT2D eigenvalue weighted by molar-refractivity contribution is -0.137. The molecule has 0 saturated heterocycles. The Morgan fingerprint density at radius 1 is 1.18 bits per heavy atom. The number of hydrogen-bond donors (Lipinski definition) is 2. The number of carbonyl (C=O) groups excluding carboxylic acids is 1. The Bertz CT molecular complexity index is 1250. The van der Waals surface area contributed by atoms with Crippen LogP contribution in [0.5, 0.6) is 0 Å². The van der Waals surface area contributed by atoms with Gasteiger partial charge in [-0.15, -0.1) is 0 Å². The van der Waals surface area contributed by atoms with Crippen molar-refractivity contribution in [3.8, 4) is 0 Å². The Labute approximate surface area is 203 Å². The number of hydrogen-bond acceptors (Lipinski definition) is 6. The van der Waals surface area contributed by atoms with Crippen LogP contribution in [0.25, 0.3) is 0 Å². The number of anilines is 1. The lowest BCUT2D eigenvalue weighted by atomic mass is 9.76. The van der Waals surface area contributed by atoms with E-state index in [1.165, 1.54) is 0 Å². The van der Waals surface area contributed by atoms with Crippen molar-refractivity contribution in [2.75, 3.05) is 12.8 Å². The van der Waals surface area contributed by atoms with Crippen LogP contribution in [0.3, 0.4) is 0 Å². The smallest absolute Gasteiger partial charge is 0.303 e. The van der Waals surface area contributed by atoms with Gasteiger partial charge >= 0.3 is 5.97 Å². The molecular formula is C26H27ClN4O3. The van der Waals surface area contributed by atoms with Gasteiger partial charge in [-0.05, 0) is 56.0 Å². The summed E-state index contributed by atoms with van der Waals surface area (Å²) in [6.45, 7) is 5.49. The number of aromatic nitrogens is 2. The number of carboxylic acid groups (broad SMARTS) is 1. The normalized spacial score (nSPS) is 13.4. The van der Waals surface area contributed by atoms with Gasteiger partial charge in [0.1, 0.15) is 17.8 Å². The van der Waals surface area contributed by atoms with E-state index in [0.29, 0.717) is 39.8 Å². The van der Waals surface area contributed by atoms with Crippen LogP contribution in [0.1, 0.15) is 52.7 Å². The first-order chi connectivity index (χ1) is 16.1. The second-order valence-electron chi connectivity index (χ2n) is 8.34. The summed E-state index contributed by atoms with van der Waals surface area (Å²) in [5.74, 6) is -0.296. The van der Waals surface area contributed by atoms with Crippen LogP contribution in [0.4, 0.5) is 5.82 Å². The second kappa shape index (κ2) is 10.1. The molecule has 1 atom stereocenters. The Morgan fingerprint density at radius 3 is 2.38 bits per heavy atom. The zero-order chi connectivity index (χ0) is 25.0. The topological polar surface area (TPSA) is 119 Å². The van der Waals surface area contributed by atoms with E-state index < -0.39 is 11.4 Å². The molecule has 1 heterocycles. The van der Waals surface area contributed by atoms with Gasteiger partial charge in [-0.25, -0.2) is 9.97 Å². The Hall–Kier alpha value is -3.58. The molecule has 3 N–H and O–H groups in total. The standard InChI is InChI=1S/C26H27ClN4O3/c1-15-13-19(27)10-11-20(15)23(29-4)25-30-16(2)22(24(28)31-25)26(3,14-32)18-8-5-17(6-9-18)7-12-21(33)34/h5-6,8-11,13-14H,7,12H2,1-4H3,(H,33,34)(H2,28,30,31)/b29-23+/t26-/m0/s1. The van der Waals surface area contributed by atoms with Crippen molar-refractivity contribution < 1.29 is 14.7 Å². The predicted octanol–water partition coefficient (Wildman–Crippen LogP) is 4.32. The number of nitrogen functional groups attached to an aromatic ring is 1. The molecule has 3 rings (SSSR count). The summed E-state index contributed by atoms with van der Waals surface area (Å²) in [7, 11) is 1.66. The third-order valence-corrected chi connectivity index (χ3v) is 6.17. The molecule has 0 radical (unpaired) electrons. The highest BCUT2D eigenvalue weighted by atomic mass is 35.5. The van der Waals surface area contributed by atoms with Gasteiger partial charge in [0.15, 0.2) is 5.82 Å². The minimum absolute atomic E-state index is 0.0417. The fourth-order valence-electron chi connectivity index (χ4n) is 4.12. The minimum Gasteiger partial charge on any atom is -0.481 e. The maximum atomic E-state index is 12.4. The molecule has 0 saturated carbocycles. The van der Waals surface area contributed by atoms with E-state index in [9.17, 15) is 9.59 Å². The molecule has 2 aromatic carbocycles. The van der Waals surface area contributed by atoms with Gasteiger partial charge in [0.25, 0.3) is 0 Å². The zero-order valence-electron chi connectivity index (χ0n) is 19.6. The summed E-state index contributed by atoms with van der Waals surface area (Å²) in [5.41, 5.74) is 10.3. The van der Waals surface area contributed by atoms with Gasteiger partial charge < -0.3 is 15.6 Å². The Morgan fingerprint density at radius 2 is 1.85 bits per heavy atom. The largest absolute Gasteiger partial charge is 0.481 e. The van der Waals surface area contributed by atoms with E-state index in [4.69, 9.17) is 22.4 Å².